The van der Waals surface area contributed by atoms with Gasteiger partial charge in [-0.2, -0.15) is 0 Å². The first kappa shape index (κ1) is 15.0. The fourth-order valence-corrected chi connectivity index (χ4v) is 2.76. The highest BCUT2D eigenvalue weighted by Crippen LogP contribution is 2.27. The maximum absolute atomic E-state index is 8.06. The van der Waals surface area contributed by atoms with Crippen LogP contribution in [-0.4, -0.2) is 24.4 Å². The van der Waals surface area contributed by atoms with Crippen LogP contribution in [0.25, 0.3) is 0 Å². The molecule has 0 aliphatic heterocycles. The summed E-state index contributed by atoms with van der Waals surface area (Å²) in [5.41, 5.74) is 0. The Balaban J connectivity index is 0.000000317. The van der Waals surface area contributed by atoms with Crippen molar-refractivity contribution in [2.24, 2.45) is 11.8 Å². The molecule has 102 valence electrons. The minimum Gasteiger partial charge on any atom is -0.394 e. The van der Waals surface area contributed by atoms with E-state index in [1.54, 1.807) is 13.8 Å². The van der Waals surface area contributed by atoms with E-state index in [0.717, 1.165) is 25.0 Å². The van der Waals surface area contributed by atoms with E-state index in [1.807, 2.05) is 0 Å². The smallest absolute Gasteiger partial charge is 0.0494 e. The molecule has 0 aromatic heterocycles. The van der Waals surface area contributed by atoms with Gasteiger partial charge < -0.3 is 9.84 Å². The summed E-state index contributed by atoms with van der Waals surface area (Å²) in [7, 11) is 0. The van der Waals surface area contributed by atoms with Gasteiger partial charge in [-0.1, -0.05) is 25.7 Å². The highest BCUT2D eigenvalue weighted by molar-refractivity contribution is 4.69. The molecule has 2 nitrogen and oxygen atoms in total. The second kappa shape index (κ2) is 8.93. The van der Waals surface area contributed by atoms with Crippen LogP contribution in [0, 0.1) is 11.8 Å². The van der Waals surface area contributed by atoms with E-state index in [4.69, 9.17) is 9.84 Å². The largest absolute Gasteiger partial charge is 0.394 e. The molecule has 0 atom stereocenters. The van der Waals surface area contributed by atoms with E-state index in [1.165, 1.54) is 51.4 Å². The van der Waals surface area contributed by atoms with Crippen LogP contribution in [-0.2, 0) is 4.74 Å². The minimum atomic E-state index is -0.167. The molecule has 0 amide bonds. The van der Waals surface area contributed by atoms with E-state index >= 15 is 0 Å². The van der Waals surface area contributed by atoms with Crippen molar-refractivity contribution >= 4 is 0 Å². The molecule has 0 heterocycles. The van der Waals surface area contributed by atoms with Crippen molar-refractivity contribution in [3.8, 4) is 0 Å². The molecule has 0 spiro atoms. The van der Waals surface area contributed by atoms with Gasteiger partial charge in [-0.25, -0.2) is 0 Å². The molecule has 2 aliphatic carbocycles. The summed E-state index contributed by atoms with van der Waals surface area (Å²) in [5, 5.41) is 8.06. The Labute approximate surface area is 107 Å². The first-order valence-electron chi connectivity index (χ1n) is 7.44. The Hall–Kier alpha value is -0.0800. The topological polar surface area (TPSA) is 29.5 Å². The second-order valence-corrected chi connectivity index (χ2v) is 5.93. The van der Waals surface area contributed by atoms with Crippen molar-refractivity contribution in [2.75, 3.05) is 13.2 Å². The fraction of sp³-hybridized carbons (Fsp3) is 1.00. The van der Waals surface area contributed by atoms with Gasteiger partial charge in [0.05, 0.1) is 0 Å². The molecule has 2 fully saturated rings. The predicted molar refractivity (Wildman–Crippen MR) is 72.1 cm³/mol. The lowest BCUT2D eigenvalue weighted by Crippen LogP contribution is -2.11. The molecule has 0 radical (unpaired) electrons. The van der Waals surface area contributed by atoms with E-state index in [0.29, 0.717) is 0 Å². The Kier molecular flexibility index (Phi) is 7.87. The molecular formula is C15H30O2. The second-order valence-electron chi connectivity index (χ2n) is 5.93. The number of aliphatic hydroxyl groups is 1. The predicted octanol–water partition coefficient (Wildman–Crippen LogP) is 3.77. The Morgan fingerprint density at radius 1 is 0.882 bits per heavy atom. The number of hydrogen-bond donors (Lipinski definition) is 1. The standard InChI is InChI=1S/C12H22O.C3H8O/c1-2-6-11(5-1)9-13-10-12-7-3-4-8-12;1-3(2)4/h11-12H,1-10H2;3-4H,1-2H3. The summed E-state index contributed by atoms with van der Waals surface area (Å²) in [6.45, 7) is 5.55. The number of aliphatic hydroxyl groups excluding tert-OH is 1. The molecule has 0 bridgehead atoms. The number of hydrogen-bond acceptors (Lipinski definition) is 2. The Bertz CT molecular complexity index is 149. The molecule has 0 saturated heterocycles. The molecule has 2 heteroatoms. The zero-order valence-corrected chi connectivity index (χ0v) is 11.7. The van der Waals surface area contributed by atoms with Crippen LogP contribution >= 0.6 is 0 Å². The summed E-state index contributed by atoms with van der Waals surface area (Å²) in [6, 6.07) is 0. The molecule has 2 aliphatic rings. The van der Waals surface area contributed by atoms with Crippen molar-refractivity contribution < 1.29 is 9.84 Å². The van der Waals surface area contributed by atoms with Crippen molar-refractivity contribution in [3.63, 3.8) is 0 Å². The van der Waals surface area contributed by atoms with Gasteiger partial charge in [-0.15, -0.1) is 0 Å². The zero-order valence-electron chi connectivity index (χ0n) is 11.7. The molecule has 0 aromatic carbocycles. The molecule has 2 saturated carbocycles. The lowest BCUT2D eigenvalue weighted by Gasteiger charge is -2.13. The van der Waals surface area contributed by atoms with Gasteiger partial charge in [0.1, 0.15) is 0 Å². The highest BCUT2D eigenvalue weighted by Gasteiger charge is 2.18. The van der Waals surface area contributed by atoms with E-state index in [2.05, 4.69) is 0 Å². The monoisotopic (exact) mass is 242 g/mol. The van der Waals surface area contributed by atoms with Gasteiger partial charge in [-0.05, 0) is 51.4 Å². The molecule has 0 unspecified atom stereocenters. The van der Waals surface area contributed by atoms with E-state index in [-0.39, 0.29) is 6.10 Å². The van der Waals surface area contributed by atoms with Crippen molar-refractivity contribution in [3.05, 3.63) is 0 Å². The van der Waals surface area contributed by atoms with E-state index in [9.17, 15) is 0 Å². The van der Waals surface area contributed by atoms with Crippen molar-refractivity contribution in [1.82, 2.24) is 0 Å². The summed E-state index contributed by atoms with van der Waals surface area (Å²) >= 11 is 0. The van der Waals surface area contributed by atoms with Gasteiger partial charge >= 0.3 is 0 Å². The Morgan fingerprint density at radius 3 is 1.47 bits per heavy atom. The van der Waals surface area contributed by atoms with Gasteiger partial charge in [-0.3, -0.25) is 0 Å². The normalized spacial score (nSPS) is 21.9. The fourth-order valence-electron chi connectivity index (χ4n) is 2.76. The molecule has 17 heavy (non-hydrogen) atoms. The lowest BCUT2D eigenvalue weighted by molar-refractivity contribution is 0.0743. The lowest BCUT2D eigenvalue weighted by atomic mass is 10.1. The molecule has 1 N–H and O–H groups in total. The number of rotatable bonds is 4. The van der Waals surface area contributed by atoms with Crippen molar-refractivity contribution in [2.45, 2.75) is 71.3 Å². The molecular weight excluding hydrogens is 212 g/mol. The average molecular weight is 242 g/mol. The Morgan fingerprint density at radius 2 is 1.18 bits per heavy atom. The van der Waals surface area contributed by atoms with Crippen LogP contribution in [0.5, 0.6) is 0 Å². The van der Waals surface area contributed by atoms with E-state index < -0.39 is 0 Å². The average Bonchev–Trinajstić information content (AvgIpc) is 2.88. The van der Waals surface area contributed by atoms with Gasteiger partial charge in [0.2, 0.25) is 0 Å². The maximum Gasteiger partial charge on any atom is 0.0494 e. The van der Waals surface area contributed by atoms with Gasteiger partial charge in [0, 0.05) is 19.3 Å². The van der Waals surface area contributed by atoms with Gasteiger partial charge in [0.25, 0.3) is 0 Å². The first-order chi connectivity index (χ1) is 8.18. The van der Waals surface area contributed by atoms with Crippen LogP contribution in [0.4, 0.5) is 0 Å². The van der Waals surface area contributed by atoms with Crippen LogP contribution in [0.2, 0.25) is 0 Å². The van der Waals surface area contributed by atoms with Gasteiger partial charge in [0.15, 0.2) is 0 Å². The summed E-state index contributed by atoms with van der Waals surface area (Å²) in [4.78, 5) is 0. The molecule has 2 rings (SSSR count). The first-order valence-corrected chi connectivity index (χ1v) is 7.44. The molecule has 0 aromatic rings. The summed E-state index contributed by atoms with van der Waals surface area (Å²) < 4.78 is 5.80. The SMILES string of the molecule is C1CCC(COCC2CCCC2)C1.CC(C)O. The highest BCUT2D eigenvalue weighted by atomic mass is 16.5. The van der Waals surface area contributed by atoms with Crippen molar-refractivity contribution in [1.29, 1.82) is 0 Å². The summed E-state index contributed by atoms with van der Waals surface area (Å²) in [6.07, 6.45) is 11.3. The maximum atomic E-state index is 8.06. The van der Waals surface area contributed by atoms with Crippen LogP contribution in [0.15, 0.2) is 0 Å². The third-order valence-electron chi connectivity index (χ3n) is 3.66. The third kappa shape index (κ3) is 7.77. The summed E-state index contributed by atoms with van der Waals surface area (Å²) in [5.74, 6) is 1.81. The van der Waals surface area contributed by atoms with Crippen LogP contribution < -0.4 is 0 Å². The van der Waals surface area contributed by atoms with Crippen LogP contribution in [0.1, 0.15) is 65.2 Å². The van der Waals surface area contributed by atoms with Crippen LogP contribution in [0.3, 0.4) is 0 Å². The zero-order chi connectivity index (χ0) is 12.5. The quantitative estimate of drug-likeness (QED) is 0.813. The number of ether oxygens (including phenoxy) is 1. The third-order valence-corrected chi connectivity index (χ3v) is 3.66. The minimum absolute atomic E-state index is 0.167.